The number of aryl methyl sites for hydroxylation is 2. The molecule has 0 aliphatic heterocycles. The van der Waals surface area contributed by atoms with Crippen LogP contribution in [0.4, 0.5) is 0 Å². The van der Waals surface area contributed by atoms with Gasteiger partial charge in [-0.15, -0.1) is 0 Å². The third-order valence-electron chi connectivity index (χ3n) is 4.88. The van der Waals surface area contributed by atoms with Crippen molar-refractivity contribution in [3.63, 3.8) is 0 Å². The molecule has 0 unspecified atom stereocenters. The molecule has 8 nitrogen and oxygen atoms in total. The van der Waals surface area contributed by atoms with Crippen LogP contribution in [0.3, 0.4) is 0 Å². The minimum Gasteiger partial charge on any atom is -0.383 e. The summed E-state index contributed by atoms with van der Waals surface area (Å²) < 4.78 is 8.57. The monoisotopic (exact) mass is 395 g/mol. The van der Waals surface area contributed by atoms with E-state index in [9.17, 15) is 9.59 Å². The van der Waals surface area contributed by atoms with Gasteiger partial charge < -0.3 is 9.30 Å². The van der Waals surface area contributed by atoms with Crippen LogP contribution in [0.5, 0.6) is 0 Å². The molecule has 2 aromatic heterocycles. The number of hydrogen-bond acceptors (Lipinski definition) is 5. The van der Waals surface area contributed by atoms with Crippen LogP contribution in [0.25, 0.3) is 10.8 Å². The van der Waals surface area contributed by atoms with Gasteiger partial charge in [-0.3, -0.25) is 9.59 Å². The summed E-state index contributed by atoms with van der Waals surface area (Å²) in [6.07, 6.45) is 1.61. The smallest absolute Gasteiger partial charge is 0.292 e. The van der Waals surface area contributed by atoms with Gasteiger partial charge in [0.2, 0.25) is 0 Å². The highest BCUT2D eigenvalue weighted by Crippen LogP contribution is 2.14. The van der Waals surface area contributed by atoms with E-state index in [1.807, 2.05) is 26.8 Å². The highest BCUT2D eigenvalue weighted by atomic mass is 16.5. The molecule has 3 aromatic rings. The second-order valence-corrected chi connectivity index (χ2v) is 6.69. The second kappa shape index (κ2) is 8.83. The van der Waals surface area contributed by atoms with Gasteiger partial charge in [-0.2, -0.15) is 10.2 Å². The van der Waals surface area contributed by atoms with E-state index in [1.54, 1.807) is 37.6 Å². The molecule has 0 radical (unpaired) electrons. The number of fused-ring (bicyclic) bond motifs is 1. The molecule has 0 bridgehead atoms. The number of carbonyl (C=O) groups excluding carboxylic acids is 1. The summed E-state index contributed by atoms with van der Waals surface area (Å²) in [5.74, 6) is -0.465. The second-order valence-electron chi connectivity index (χ2n) is 6.69. The van der Waals surface area contributed by atoms with Gasteiger partial charge in [0.1, 0.15) is 0 Å². The zero-order valence-electron chi connectivity index (χ0n) is 17.1. The predicted octanol–water partition coefficient (Wildman–Crippen LogP) is 2.25. The maximum atomic E-state index is 12.7. The number of hydrazone groups is 1. The number of nitrogens with one attached hydrogen (secondary N) is 1. The van der Waals surface area contributed by atoms with E-state index in [-0.39, 0.29) is 11.3 Å². The lowest BCUT2D eigenvalue weighted by atomic mass is 10.1. The Morgan fingerprint density at radius 2 is 2.00 bits per heavy atom. The minimum atomic E-state index is -0.465. The molecule has 0 aliphatic carbocycles. The zero-order valence-corrected chi connectivity index (χ0v) is 17.1. The molecular formula is C21H25N5O3. The number of methoxy groups -OCH3 is 1. The van der Waals surface area contributed by atoms with Crippen molar-refractivity contribution in [1.29, 1.82) is 0 Å². The van der Waals surface area contributed by atoms with Gasteiger partial charge in [0.15, 0.2) is 5.69 Å². The number of amides is 1. The Hall–Kier alpha value is -3.26. The largest absolute Gasteiger partial charge is 0.383 e. The summed E-state index contributed by atoms with van der Waals surface area (Å²) in [5.41, 5.74) is 5.53. The van der Waals surface area contributed by atoms with E-state index >= 15 is 0 Å². The molecular weight excluding hydrogens is 370 g/mol. The Balaban J connectivity index is 1.85. The maximum Gasteiger partial charge on any atom is 0.292 e. The summed E-state index contributed by atoms with van der Waals surface area (Å²) in [6, 6.07) is 8.95. The molecule has 1 N–H and O–H groups in total. The first kappa shape index (κ1) is 20.5. The standard InChI is InChI=1S/C21H25N5O3/c1-5-26-21(28)18-9-7-6-8-17(18)19(24-26)20(27)23-22-13-16-12-14(2)25(15(16)3)10-11-29-4/h6-9,12-13H,5,10-11H2,1-4H3,(H,23,27)/b22-13+. The molecule has 29 heavy (non-hydrogen) atoms. The van der Waals surface area contributed by atoms with Crippen LogP contribution >= 0.6 is 0 Å². The van der Waals surface area contributed by atoms with Gasteiger partial charge >= 0.3 is 0 Å². The number of nitrogens with zero attached hydrogens (tertiary/aromatic N) is 4. The summed E-state index contributed by atoms with van der Waals surface area (Å²) in [6.45, 7) is 7.57. The van der Waals surface area contributed by atoms with Crippen molar-refractivity contribution in [2.75, 3.05) is 13.7 Å². The van der Waals surface area contributed by atoms with Gasteiger partial charge in [-0.1, -0.05) is 18.2 Å². The molecule has 0 spiro atoms. The first-order valence-corrected chi connectivity index (χ1v) is 9.46. The van der Waals surface area contributed by atoms with Crippen molar-refractivity contribution in [2.24, 2.45) is 5.10 Å². The Kier molecular flexibility index (Phi) is 6.23. The molecule has 1 amide bonds. The zero-order chi connectivity index (χ0) is 21.0. The maximum absolute atomic E-state index is 12.7. The van der Waals surface area contributed by atoms with Crippen LogP contribution in [0, 0.1) is 13.8 Å². The Labute approximate surface area is 168 Å². The number of hydrogen-bond donors (Lipinski definition) is 1. The van der Waals surface area contributed by atoms with Crippen molar-refractivity contribution in [1.82, 2.24) is 19.8 Å². The van der Waals surface area contributed by atoms with Gasteiger partial charge in [-0.05, 0) is 32.9 Å². The van der Waals surface area contributed by atoms with Gasteiger partial charge in [0, 0.05) is 42.5 Å². The molecule has 152 valence electrons. The molecule has 0 atom stereocenters. The summed E-state index contributed by atoms with van der Waals surface area (Å²) in [4.78, 5) is 25.1. The normalized spacial score (nSPS) is 11.4. The lowest BCUT2D eigenvalue weighted by Crippen LogP contribution is -2.28. The molecule has 2 heterocycles. The first-order chi connectivity index (χ1) is 14.0. The van der Waals surface area contributed by atoms with Crippen LogP contribution in [0.1, 0.15) is 34.4 Å². The van der Waals surface area contributed by atoms with Crippen LogP contribution < -0.4 is 11.0 Å². The number of rotatable bonds is 7. The summed E-state index contributed by atoms with van der Waals surface area (Å²) in [7, 11) is 1.67. The minimum absolute atomic E-state index is 0.171. The molecule has 1 aromatic carbocycles. The molecule has 8 heteroatoms. The molecule has 0 aliphatic rings. The van der Waals surface area contributed by atoms with Gasteiger partial charge in [-0.25, -0.2) is 10.1 Å². The Bertz CT molecular complexity index is 1130. The number of carbonyl (C=O) groups is 1. The molecule has 3 rings (SSSR count). The van der Waals surface area contributed by atoms with E-state index in [2.05, 4.69) is 20.2 Å². The average Bonchev–Trinajstić information content (AvgIpc) is 2.99. The lowest BCUT2D eigenvalue weighted by Gasteiger charge is -2.08. The van der Waals surface area contributed by atoms with Crippen molar-refractivity contribution in [3.05, 3.63) is 63.3 Å². The summed E-state index contributed by atoms with van der Waals surface area (Å²) in [5, 5.41) is 9.28. The highest BCUT2D eigenvalue weighted by Gasteiger charge is 2.16. The van der Waals surface area contributed by atoms with Crippen molar-refractivity contribution in [2.45, 2.75) is 33.9 Å². The van der Waals surface area contributed by atoms with Crippen molar-refractivity contribution >= 4 is 22.9 Å². The molecule has 0 saturated heterocycles. The third-order valence-corrected chi connectivity index (χ3v) is 4.88. The third kappa shape index (κ3) is 4.12. The number of aromatic nitrogens is 3. The van der Waals surface area contributed by atoms with E-state index in [0.717, 1.165) is 23.5 Å². The highest BCUT2D eigenvalue weighted by molar-refractivity contribution is 6.05. The Morgan fingerprint density at radius 1 is 1.28 bits per heavy atom. The topological polar surface area (TPSA) is 90.5 Å². The molecule has 0 saturated carbocycles. The SMILES string of the molecule is CCn1nc(C(=O)N/N=C/c2cc(C)n(CCOC)c2C)c2ccccc2c1=O. The van der Waals surface area contributed by atoms with E-state index in [0.29, 0.717) is 23.9 Å². The first-order valence-electron chi connectivity index (χ1n) is 9.46. The fraction of sp³-hybridized carbons (Fsp3) is 0.333. The van der Waals surface area contributed by atoms with Gasteiger partial charge in [0.25, 0.3) is 11.5 Å². The van der Waals surface area contributed by atoms with E-state index in [1.165, 1.54) is 4.68 Å². The average molecular weight is 395 g/mol. The van der Waals surface area contributed by atoms with Crippen LogP contribution in [-0.4, -0.2) is 40.2 Å². The fourth-order valence-electron chi connectivity index (χ4n) is 3.32. The van der Waals surface area contributed by atoms with Crippen LogP contribution in [-0.2, 0) is 17.8 Å². The van der Waals surface area contributed by atoms with Crippen LogP contribution in [0.15, 0.2) is 40.2 Å². The van der Waals surface area contributed by atoms with Crippen LogP contribution in [0.2, 0.25) is 0 Å². The number of benzene rings is 1. The fourth-order valence-corrected chi connectivity index (χ4v) is 3.32. The lowest BCUT2D eigenvalue weighted by molar-refractivity contribution is 0.0949. The Morgan fingerprint density at radius 3 is 2.69 bits per heavy atom. The quantitative estimate of drug-likeness (QED) is 0.491. The summed E-state index contributed by atoms with van der Waals surface area (Å²) >= 11 is 0. The van der Waals surface area contributed by atoms with E-state index < -0.39 is 5.91 Å². The number of ether oxygens (including phenoxy) is 1. The van der Waals surface area contributed by atoms with E-state index in [4.69, 9.17) is 4.74 Å². The predicted molar refractivity (Wildman–Crippen MR) is 113 cm³/mol. The molecule has 0 fully saturated rings. The van der Waals surface area contributed by atoms with Crippen molar-refractivity contribution < 1.29 is 9.53 Å². The van der Waals surface area contributed by atoms with Gasteiger partial charge in [0.05, 0.1) is 18.2 Å². The van der Waals surface area contributed by atoms with Crippen molar-refractivity contribution in [3.8, 4) is 0 Å².